The van der Waals surface area contributed by atoms with Crippen LogP contribution in [0, 0.1) is 11.8 Å². The lowest BCUT2D eigenvalue weighted by Crippen LogP contribution is -2.30. The van der Waals surface area contributed by atoms with Crippen molar-refractivity contribution in [3.05, 3.63) is 0 Å². The van der Waals surface area contributed by atoms with Gasteiger partial charge in [0.15, 0.2) is 12.2 Å². The summed E-state index contributed by atoms with van der Waals surface area (Å²) in [5.74, 6) is -0.550. The highest BCUT2D eigenvalue weighted by Crippen LogP contribution is 2.45. The third-order valence-corrected chi connectivity index (χ3v) is 23.5. The van der Waals surface area contributed by atoms with Crippen molar-refractivity contribution in [2.45, 2.75) is 503 Å². The van der Waals surface area contributed by atoms with Crippen LogP contribution in [0.2, 0.25) is 0 Å². The molecule has 3 unspecified atom stereocenters. The number of phosphoric acid groups is 2. The number of carbonyl (C=O) groups excluding carboxylic acids is 4. The van der Waals surface area contributed by atoms with Gasteiger partial charge in [-0.25, -0.2) is 9.13 Å². The number of ether oxygens (including phenoxy) is 4. The van der Waals surface area contributed by atoms with Crippen LogP contribution < -0.4 is 0 Å². The van der Waals surface area contributed by atoms with E-state index in [-0.39, 0.29) is 25.7 Å². The average molecular weight is 1590 g/mol. The first kappa shape index (κ1) is 107. The Labute approximate surface area is 670 Å². The van der Waals surface area contributed by atoms with Gasteiger partial charge in [0.05, 0.1) is 26.4 Å². The first-order valence-electron chi connectivity index (χ1n) is 46.5. The maximum Gasteiger partial charge on any atom is 0.472 e. The van der Waals surface area contributed by atoms with E-state index in [1.807, 2.05) is 0 Å². The molecule has 0 rings (SSSR count). The van der Waals surface area contributed by atoms with E-state index in [1.54, 1.807) is 0 Å². The van der Waals surface area contributed by atoms with E-state index in [0.29, 0.717) is 31.6 Å². The van der Waals surface area contributed by atoms with Crippen molar-refractivity contribution in [3.8, 4) is 0 Å². The molecule has 0 aromatic carbocycles. The van der Waals surface area contributed by atoms with Crippen molar-refractivity contribution in [1.29, 1.82) is 0 Å². The predicted molar refractivity (Wildman–Crippen MR) is 451 cm³/mol. The highest BCUT2D eigenvalue weighted by Gasteiger charge is 2.31. The van der Waals surface area contributed by atoms with E-state index in [4.69, 9.17) is 37.0 Å². The fourth-order valence-electron chi connectivity index (χ4n) is 14.1. The second-order valence-corrected chi connectivity index (χ2v) is 36.0. The Morgan fingerprint density at radius 1 is 0.266 bits per heavy atom. The Kier molecular flexibility index (Phi) is 79.8. The zero-order chi connectivity index (χ0) is 79.9. The fourth-order valence-corrected chi connectivity index (χ4v) is 15.7. The maximum absolute atomic E-state index is 13.2. The smallest absolute Gasteiger partial charge is 0.462 e. The molecule has 0 heterocycles. The molecule has 6 atom stereocenters. The number of unbranched alkanes of at least 4 members (excludes halogenated alkanes) is 58. The van der Waals surface area contributed by atoms with Crippen molar-refractivity contribution >= 4 is 39.5 Å². The average Bonchev–Trinajstić information content (AvgIpc) is 0.903. The van der Waals surface area contributed by atoms with Crippen LogP contribution in [0.3, 0.4) is 0 Å². The Bertz CT molecular complexity index is 2080. The van der Waals surface area contributed by atoms with Gasteiger partial charge in [0.25, 0.3) is 0 Å². The summed E-state index contributed by atoms with van der Waals surface area (Å²) in [5.41, 5.74) is 0. The van der Waals surface area contributed by atoms with Gasteiger partial charge in [0, 0.05) is 25.7 Å². The van der Waals surface area contributed by atoms with Gasteiger partial charge in [-0.3, -0.25) is 37.3 Å². The summed E-state index contributed by atoms with van der Waals surface area (Å²) in [6.07, 6.45) is 75.3. The fraction of sp³-hybridized carbons (Fsp3) is 0.956. The SMILES string of the molecule is CCCCCCCCCCCCCCCCCCCCCCCCC(=O)OC[C@H](COP(=O)(O)OC[C@@H](O)COP(=O)(O)OC[C@@H](COC(=O)CCCCCCCCC(C)C)OC(=O)CCCCCCCCCCCCCCCCCC)OC(=O)CCCCCCCCCCCCCCCCCCCCC(C)CC. The maximum atomic E-state index is 13.2. The number of rotatable bonds is 89. The van der Waals surface area contributed by atoms with Crippen LogP contribution in [0.1, 0.15) is 485 Å². The van der Waals surface area contributed by atoms with Crippen LogP contribution >= 0.6 is 15.6 Å². The molecule has 0 aliphatic carbocycles. The van der Waals surface area contributed by atoms with Crippen LogP contribution in [-0.4, -0.2) is 96.7 Å². The zero-order valence-electron chi connectivity index (χ0n) is 71.9. The third-order valence-electron chi connectivity index (χ3n) is 21.6. The number of aliphatic hydroxyl groups is 1. The number of carbonyl (C=O) groups is 4. The van der Waals surface area contributed by atoms with Crippen molar-refractivity contribution < 1.29 is 80.2 Å². The van der Waals surface area contributed by atoms with Crippen LogP contribution in [0.15, 0.2) is 0 Å². The molecule has 648 valence electrons. The van der Waals surface area contributed by atoms with Crippen LogP contribution in [0.25, 0.3) is 0 Å². The van der Waals surface area contributed by atoms with Gasteiger partial charge in [-0.1, -0.05) is 433 Å². The highest BCUT2D eigenvalue weighted by molar-refractivity contribution is 7.47. The third kappa shape index (κ3) is 82.4. The molecule has 0 radical (unpaired) electrons. The first-order valence-corrected chi connectivity index (χ1v) is 49.5. The first-order chi connectivity index (χ1) is 52.9. The summed E-state index contributed by atoms with van der Waals surface area (Å²) >= 11 is 0. The normalized spacial score (nSPS) is 14.0. The molecule has 0 saturated heterocycles. The monoisotopic (exact) mass is 1590 g/mol. The lowest BCUT2D eigenvalue weighted by molar-refractivity contribution is -0.161. The summed E-state index contributed by atoms with van der Waals surface area (Å²) < 4.78 is 69.0. The van der Waals surface area contributed by atoms with Crippen LogP contribution in [-0.2, 0) is 65.4 Å². The van der Waals surface area contributed by atoms with Gasteiger partial charge in [-0.2, -0.15) is 0 Å². The van der Waals surface area contributed by atoms with E-state index < -0.39 is 97.5 Å². The molecule has 0 bridgehead atoms. The Balaban J connectivity index is 5.19. The molecular formula is C90H176O17P2. The van der Waals surface area contributed by atoms with Crippen LogP contribution in [0.5, 0.6) is 0 Å². The largest absolute Gasteiger partial charge is 0.472 e. The minimum atomic E-state index is -4.97. The van der Waals surface area contributed by atoms with Gasteiger partial charge in [-0.15, -0.1) is 0 Å². The lowest BCUT2D eigenvalue weighted by atomic mass is 9.99. The summed E-state index contributed by atoms with van der Waals surface area (Å²) in [6, 6.07) is 0. The Morgan fingerprint density at radius 3 is 0.697 bits per heavy atom. The van der Waals surface area contributed by atoms with E-state index in [9.17, 15) is 43.2 Å². The highest BCUT2D eigenvalue weighted by atomic mass is 31.2. The van der Waals surface area contributed by atoms with E-state index in [1.165, 1.54) is 295 Å². The predicted octanol–water partition coefficient (Wildman–Crippen LogP) is 27.8. The van der Waals surface area contributed by atoms with Crippen molar-refractivity contribution in [2.75, 3.05) is 39.6 Å². The molecule has 3 N–H and O–H groups in total. The molecular weight excluding hydrogens is 1410 g/mol. The molecule has 0 aromatic rings. The summed E-state index contributed by atoms with van der Waals surface area (Å²) in [6.45, 7) is 9.67. The Hall–Kier alpha value is -1.94. The zero-order valence-corrected chi connectivity index (χ0v) is 73.7. The minimum absolute atomic E-state index is 0.108. The number of esters is 4. The molecule has 109 heavy (non-hydrogen) atoms. The van der Waals surface area contributed by atoms with Gasteiger partial charge in [0.1, 0.15) is 19.3 Å². The number of phosphoric ester groups is 2. The van der Waals surface area contributed by atoms with Crippen molar-refractivity contribution in [2.24, 2.45) is 11.8 Å². The molecule has 0 aliphatic rings. The molecule has 0 aromatic heterocycles. The quantitative estimate of drug-likeness (QED) is 0.0222. The second-order valence-electron chi connectivity index (χ2n) is 33.1. The van der Waals surface area contributed by atoms with Gasteiger partial charge < -0.3 is 33.8 Å². The van der Waals surface area contributed by atoms with Gasteiger partial charge in [0.2, 0.25) is 0 Å². The topological polar surface area (TPSA) is 237 Å². The number of hydrogen-bond acceptors (Lipinski definition) is 15. The summed E-state index contributed by atoms with van der Waals surface area (Å²) in [4.78, 5) is 73.3. The summed E-state index contributed by atoms with van der Waals surface area (Å²) in [7, 11) is -9.93. The van der Waals surface area contributed by atoms with Gasteiger partial charge >= 0.3 is 39.5 Å². The van der Waals surface area contributed by atoms with E-state index >= 15 is 0 Å². The van der Waals surface area contributed by atoms with Crippen molar-refractivity contribution in [3.63, 3.8) is 0 Å². The number of hydrogen-bond donors (Lipinski definition) is 3. The minimum Gasteiger partial charge on any atom is -0.462 e. The van der Waals surface area contributed by atoms with E-state index in [2.05, 4.69) is 41.5 Å². The van der Waals surface area contributed by atoms with Gasteiger partial charge in [-0.05, 0) is 37.5 Å². The number of aliphatic hydroxyl groups excluding tert-OH is 1. The van der Waals surface area contributed by atoms with Crippen LogP contribution in [0.4, 0.5) is 0 Å². The molecule has 19 heteroatoms. The molecule has 0 fully saturated rings. The summed E-state index contributed by atoms with van der Waals surface area (Å²) in [5, 5.41) is 10.7. The standard InChI is InChI=1S/C90H176O17P2/c1-7-10-12-14-16-18-20-22-24-26-27-28-29-30-34-38-41-45-49-53-60-66-72-87(92)100-78-85(106-89(94)74-69-63-55-51-47-43-39-35-32-31-33-36-40-44-48-52-59-65-71-83(6)9-3)80-104-108(96,97)102-76-84(91)77-103-109(98,99)105-81-86(79-101-88(93)73-67-61-57-56-58-64-70-82(4)5)107-90(95)75-68-62-54-50-46-42-37-25-23-21-19-17-15-13-11-8-2/h82-86,91H,7-81H2,1-6H3,(H,96,97)(H,98,99)/t83?,84-,85-,86-/m1/s1. The van der Waals surface area contributed by atoms with E-state index in [0.717, 1.165) is 102 Å². The second kappa shape index (κ2) is 81.2. The molecule has 0 amide bonds. The molecule has 17 nitrogen and oxygen atoms in total. The molecule has 0 saturated carbocycles. The molecule has 0 aliphatic heterocycles. The Morgan fingerprint density at radius 2 is 0.468 bits per heavy atom. The van der Waals surface area contributed by atoms with Crippen molar-refractivity contribution in [1.82, 2.24) is 0 Å². The lowest BCUT2D eigenvalue weighted by Gasteiger charge is -2.21. The molecule has 0 spiro atoms.